The molecule has 1 aliphatic rings. The number of carbonyl (C=O) groups is 1. The van der Waals surface area contributed by atoms with Crippen molar-refractivity contribution < 1.29 is 4.79 Å². The highest BCUT2D eigenvalue weighted by molar-refractivity contribution is 6.05. The molecule has 1 fully saturated rings. The molecule has 1 aliphatic carbocycles. The van der Waals surface area contributed by atoms with E-state index in [1.165, 1.54) is 4.57 Å². The van der Waals surface area contributed by atoms with Crippen LogP contribution in [0.5, 0.6) is 0 Å². The summed E-state index contributed by atoms with van der Waals surface area (Å²) >= 11 is 0. The van der Waals surface area contributed by atoms with Crippen LogP contribution >= 0.6 is 0 Å². The average Bonchev–Trinajstić information content (AvgIpc) is 3.57. The Balaban J connectivity index is 1.74. The van der Waals surface area contributed by atoms with E-state index >= 15 is 0 Å². The third-order valence-corrected chi connectivity index (χ3v) is 5.41. The molecule has 8 nitrogen and oxygen atoms in total. The van der Waals surface area contributed by atoms with Gasteiger partial charge in [0.05, 0.1) is 10.9 Å². The Hall–Kier alpha value is -3.42. The van der Waals surface area contributed by atoms with Gasteiger partial charge in [-0.05, 0) is 43.5 Å². The predicted molar refractivity (Wildman–Crippen MR) is 116 cm³/mol. The van der Waals surface area contributed by atoms with Gasteiger partial charge in [0, 0.05) is 44.5 Å². The van der Waals surface area contributed by atoms with Crippen LogP contribution in [0.15, 0.2) is 39.9 Å². The number of H-pyrrole nitrogens is 1. The molecular formula is C22H25N5O3. The highest BCUT2D eigenvalue weighted by atomic mass is 16.2. The van der Waals surface area contributed by atoms with Gasteiger partial charge in [0.25, 0.3) is 11.5 Å². The molecule has 1 saturated carbocycles. The molecule has 1 amide bonds. The van der Waals surface area contributed by atoms with Crippen molar-refractivity contribution in [2.24, 2.45) is 0 Å². The first-order valence-corrected chi connectivity index (χ1v) is 10.1. The number of aryl methyl sites for hydroxylation is 1. The van der Waals surface area contributed by atoms with Crippen LogP contribution < -0.4 is 21.5 Å². The highest BCUT2D eigenvalue weighted by Crippen LogP contribution is 2.39. The lowest BCUT2D eigenvalue weighted by atomic mass is 10.1. The molecule has 0 radical (unpaired) electrons. The second-order valence-electron chi connectivity index (χ2n) is 7.82. The average molecular weight is 407 g/mol. The fourth-order valence-electron chi connectivity index (χ4n) is 3.58. The number of rotatable bonds is 6. The molecule has 2 N–H and O–H groups in total. The summed E-state index contributed by atoms with van der Waals surface area (Å²) < 4.78 is 1.40. The van der Waals surface area contributed by atoms with Gasteiger partial charge in [0.1, 0.15) is 0 Å². The lowest BCUT2D eigenvalue weighted by Crippen LogP contribution is -2.33. The maximum Gasteiger partial charge on any atom is 0.329 e. The number of amides is 1. The van der Waals surface area contributed by atoms with Crippen LogP contribution in [0.1, 0.15) is 47.3 Å². The van der Waals surface area contributed by atoms with Crippen molar-refractivity contribution in [3.05, 3.63) is 68.0 Å². The molecule has 8 heteroatoms. The molecule has 0 bridgehead atoms. The lowest BCUT2D eigenvalue weighted by molar-refractivity contribution is 0.0952. The molecule has 2 heterocycles. The molecule has 0 unspecified atom stereocenters. The Morgan fingerprint density at radius 1 is 1.27 bits per heavy atom. The molecule has 1 aromatic carbocycles. The minimum atomic E-state index is -0.589. The SMILES string of the molecule is CCn1c(=O)[nH]c(=O)c2c(C(=O)NCc3cccc(N(C)C)c3)cc(C3CC3)nc21. The Kier molecular flexibility index (Phi) is 5.15. The number of nitrogens with zero attached hydrogens (tertiary/aromatic N) is 3. The fourth-order valence-corrected chi connectivity index (χ4v) is 3.58. The summed E-state index contributed by atoms with van der Waals surface area (Å²) in [5.74, 6) is -0.0798. The number of anilines is 1. The molecule has 0 aliphatic heterocycles. The van der Waals surface area contributed by atoms with Crippen LogP contribution in [0.4, 0.5) is 5.69 Å². The van der Waals surface area contributed by atoms with E-state index in [0.717, 1.165) is 29.8 Å². The molecule has 0 spiro atoms. The van der Waals surface area contributed by atoms with E-state index in [0.29, 0.717) is 13.1 Å². The first kappa shape index (κ1) is 19.9. The Morgan fingerprint density at radius 3 is 2.70 bits per heavy atom. The minimum absolute atomic E-state index is 0.153. The predicted octanol–water partition coefficient (Wildman–Crippen LogP) is 1.98. The van der Waals surface area contributed by atoms with Crippen LogP contribution in [0.25, 0.3) is 11.0 Å². The summed E-state index contributed by atoms with van der Waals surface area (Å²) in [6.07, 6.45) is 1.99. The molecular weight excluding hydrogens is 382 g/mol. The number of hydrogen-bond acceptors (Lipinski definition) is 5. The van der Waals surface area contributed by atoms with Crippen LogP contribution in [0, 0.1) is 0 Å². The third-order valence-electron chi connectivity index (χ3n) is 5.41. The normalized spacial score (nSPS) is 13.4. The zero-order valence-electron chi connectivity index (χ0n) is 17.4. The lowest BCUT2D eigenvalue weighted by Gasteiger charge is -2.15. The van der Waals surface area contributed by atoms with Gasteiger partial charge in [0.2, 0.25) is 0 Å². The number of hydrogen-bond donors (Lipinski definition) is 2. The zero-order chi connectivity index (χ0) is 21.4. The van der Waals surface area contributed by atoms with Crippen LogP contribution in [0.3, 0.4) is 0 Å². The summed E-state index contributed by atoms with van der Waals surface area (Å²) in [6, 6.07) is 9.57. The van der Waals surface area contributed by atoms with E-state index < -0.39 is 11.2 Å². The van der Waals surface area contributed by atoms with Crippen molar-refractivity contribution in [1.29, 1.82) is 0 Å². The molecule has 30 heavy (non-hydrogen) atoms. The van der Waals surface area contributed by atoms with E-state index in [9.17, 15) is 14.4 Å². The molecule has 0 saturated heterocycles. The van der Waals surface area contributed by atoms with Crippen LogP contribution in [0.2, 0.25) is 0 Å². The number of aromatic nitrogens is 3. The largest absolute Gasteiger partial charge is 0.378 e. The molecule has 3 aromatic rings. The second kappa shape index (κ2) is 7.78. The van der Waals surface area contributed by atoms with E-state index in [4.69, 9.17) is 0 Å². The van der Waals surface area contributed by atoms with Crippen molar-refractivity contribution >= 4 is 22.6 Å². The van der Waals surface area contributed by atoms with Gasteiger partial charge in [-0.1, -0.05) is 12.1 Å². The maximum absolute atomic E-state index is 13.1. The Morgan fingerprint density at radius 2 is 2.03 bits per heavy atom. The van der Waals surface area contributed by atoms with Crippen LogP contribution in [-0.4, -0.2) is 34.5 Å². The topological polar surface area (TPSA) is 100 Å². The molecule has 2 aromatic heterocycles. The van der Waals surface area contributed by atoms with E-state index in [-0.39, 0.29) is 28.4 Å². The summed E-state index contributed by atoms with van der Waals surface area (Å²) in [6.45, 7) is 2.49. The van der Waals surface area contributed by atoms with Crippen molar-refractivity contribution in [3.8, 4) is 0 Å². The van der Waals surface area contributed by atoms with Crippen molar-refractivity contribution in [3.63, 3.8) is 0 Å². The smallest absolute Gasteiger partial charge is 0.329 e. The number of nitrogens with one attached hydrogen (secondary N) is 2. The number of carbonyl (C=O) groups excluding carboxylic acids is 1. The monoisotopic (exact) mass is 407 g/mol. The Labute approximate surface area is 173 Å². The molecule has 0 atom stereocenters. The number of aromatic amines is 1. The van der Waals surface area contributed by atoms with Gasteiger partial charge in [-0.25, -0.2) is 9.78 Å². The number of pyridine rings is 1. The summed E-state index contributed by atoms with van der Waals surface area (Å²) in [5, 5.41) is 3.07. The number of fused-ring (bicyclic) bond motifs is 1. The van der Waals surface area contributed by atoms with Gasteiger partial charge in [-0.2, -0.15) is 0 Å². The second-order valence-corrected chi connectivity index (χ2v) is 7.82. The first-order chi connectivity index (χ1) is 14.4. The highest BCUT2D eigenvalue weighted by Gasteiger charge is 2.28. The molecule has 4 rings (SSSR count). The van der Waals surface area contributed by atoms with E-state index in [1.807, 2.05) is 50.2 Å². The maximum atomic E-state index is 13.1. The van der Waals surface area contributed by atoms with Crippen molar-refractivity contribution in [2.45, 2.75) is 38.8 Å². The third kappa shape index (κ3) is 3.72. The summed E-state index contributed by atoms with van der Waals surface area (Å²) in [7, 11) is 3.92. The first-order valence-electron chi connectivity index (χ1n) is 10.1. The van der Waals surface area contributed by atoms with Crippen molar-refractivity contribution in [2.75, 3.05) is 19.0 Å². The number of benzene rings is 1. The minimum Gasteiger partial charge on any atom is -0.378 e. The molecule has 156 valence electrons. The Bertz CT molecular complexity index is 1240. The zero-order valence-corrected chi connectivity index (χ0v) is 17.4. The van der Waals surface area contributed by atoms with Crippen molar-refractivity contribution in [1.82, 2.24) is 19.9 Å². The van der Waals surface area contributed by atoms with Gasteiger partial charge in [0.15, 0.2) is 5.65 Å². The summed E-state index contributed by atoms with van der Waals surface area (Å²) in [4.78, 5) is 46.8. The fraction of sp³-hybridized carbons (Fsp3) is 0.364. The quantitative estimate of drug-likeness (QED) is 0.651. The standard InChI is InChI=1S/C22H25N5O3/c1-4-27-19-18(21(29)25-22(27)30)16(11-17(24-19)14-8-9-14)20(28)23-12-13-6-5-7-15(10-13)26(2)3/h5-7,10-11,14H,4,8-9,12H2,1-3H3,(H,23,28)(H,25,29,30). The van der Waals surface area contributed by atoms with Crippen LogP contribution in [-0.2, 0) is 13.1 Å². The van der Waals surface area contributed by atoms with E-state index in [2.05, 4.69) is 15.3 Å². The van der Waals surface area contributed by atoms with Gasteiger partial charge < -0.3 is 10.2 Å². The van der Waals surface area contributed by atoms with Gasteiger partial charge in [-0.15, -0.1) is 0 Å². The van der Waals surface area contributed by atoms with Gasteiger partial charge >= 0.3 is 5.69 Å². The summed E-state index contributed by atoms with van der Waals surface area (Å²) in [5.41, 5.74) is 2.18. The van der Waals surface area contributed by atoms with Gasteiger partial charge in [-0.3, -0.25) is 19.1 Å². The van der Waals surface area contributed by atoms with E-state index in [1.54, 1.807) is 6.07 Å².